The Morgan fingerprint density at radius 3 is 2.94 bits per heavy atom. The molecule has 4 nitrogen and oxygen atoms in total. The molecule has 0 radical (unpaired) electrons. The summed E-state index contributed by atoms with van der Waals surface area (Å²) in [6, 6.07) is 7.51. The summed E-state index contributed by atoms with van der Waals surface area (Å²) in [7, 11) is 0. The van der Waals surface area contributed by atoms with Gasteiger partial charge in [0.25, 0.3) is 0 Å². The number of para-hydroxylation sites is 1. The lowest BCUT2D eigenvalue weighted by molar-refractivity contribution is 0.572. The number of aromatic nitrogens is 1. The molecule has 0 aliphatic rings. The molecule has 1 heterocycles. The number of alkyl halides is 1. The number of nitrogens with two attached hydrogens (primary N) is 1. The summed E-state index contributed by atoms with van der Waals surface area (Å²) >= 11 is 5.59. The summed E-state index contributed by atoms with van der Waals surface area (Å²) in [5, 5.41) is 0. The van der Waals surface area contributed by atoms with Crippen molar-refractivity contribution >= 4 is 23.1 Å². The third-order valence-electron chi connectivity index (χ3n) is 2.00. The van der Waals surface area contributed by atoms with Gasteiger partial charge in [0, 0.05) is 5.56 Å². The summed E-state index contributed by atoms with van der Waals surface area (Å²) in [4.78, 5) is 8.07. The maximum Gasteiger partial charge on any atom is 0.181 e. The van der Waals surface area contributed by atoms with E-state index in [0.717, 1.165) is 11.3 Å². The van der Waals surface area contributed by atoms with Crippen LogP contribution in [0.15, 0.2) is 46.3 Å². The van der Waals surface area contributed by atoms with Crippen molar-refractivity contribution in [3.05, 3.63) is 36.9 Å². The quantitative estimate of drug-likeness (QED) is 0.505. The van der Waals surface area contributed by atoms with Crippen LogP contribution in [0.5, 0.6) is 0 Å². The Morgan fingerprint density at radius 2 is 2.25 bits per heavy atom. The molecule has 2 aromatic rings. The SMILES string of the molecule is NC(CCl)=Nc1ccccc1-c1cnco1. The Bertz CT molecular complexity index is 494. The number of benzene rings is 1. The zero-order valence-corrected chi connectivity index (χ0v) is 9.19. The van der Waals surface area contributed by atoms with Gasteiger partial charge in [0.15, 0.2) is 12.2 Å². The Morgan fingerprint density at radius 1 is 1.44 bits per heavy atom. The molecule has 0 amide bonds. The molecule has 2 rings (SSSR count). The highest BCUT2D eigenvalue weighted by Crippen LogP contribution is 2.29. The molecular formula is C11H10ClN3O. The monoisotopic (exact) mass is 235 g/mol. The molecule has 1 aromatic carbocycles. The molecule has 0 unspecified atom stereocenters. The Hall–Kier alpha value is -1.81. The van der Waals surface area contributed by atoms with Crippen molar-refractivity contribution in [1.82, 2.24) is 4.98 Å². The van der Waals surface area contributed by atoms with Crippen molar-refractivity contribution in [3.8, 4) is 11.3 Å². The lowest BCUT2D eigenvalue weighted by Crippen LogP contribution is -2.12. The van der Waals surface area contributed by atoms with Gasteiger partial charge < -0.3 is 10.2 Å². The van der Waals surface area contributed by atoms with Crippen molar-refractivity contribution in [2.24, 2.45) is 10.7 Å². The lowest BCUT2D eigenvalue weighted by Gasteiger charge is -2.02. The number of rotatable bonds is 3. The number of aliphatic imine (C=N–C) groups is 1. The largest absolute Gasteiger partial charge is 0.443 e. The molecule has 16 heavy (non-hydrogen) atoms. The predicted octanol–water partition coefficient (Wildman–Crippen LogP) is 2.57. The maximum absolute atomic E-state index is 5.60. The molecule has 2 N–H and O–H groups in total. The van der Waals surface area contributed by atoms with E-state index < -0.39 is 0 Å². The van der Waals surface area contributed by atoms with Gasteiger partial charge in [0.1, 0.15) is 5.84 Å². The van der Waals surface area contributed by atoms with Crippen LogP contribution in [-0.2, 0) is 0 Å². The second kappa shape index (κ2) is 4.81. The third kappa shape index (κ3) is 2.23. The smallest absolute Gasteiger partial charge is 0.181 e. The van der Waals surface area contributed by atoms with Crippen molar-refractivity contribution in [2.45, 2.75) is 0 Å². The molecule has 5 heteroatoms. The minimum Gasteiger partial charge on any atom is -0.443 e. The summed E-state index contributed by atoms with van der Waals surface area (Å²) in [5.41, 5.74) is 7.16. The number of nitrogens with zero attached hydrogens (tertiary/aromatic N) is 2. The Balaban J connectivity index is 2.47. The van der Waals surface area contributed by atoms with Gasteiger partial charge in [-0.15, -0.1) is 11.6 Å². The third-order valence-corrected chi connectivity index (χ3v) is 2.28. The standard InChI is InChI=1S/C11H10ClN3O/c12-5-11(13)15-9-4-2-1-3-8(9)10-6-14-7-16-10/h1-4,6-7H,5H2,(H2,13,15). The van der Waals surface area contributed by atoms with Gasteiger partial charge in [0.05, 0.1) is 17.8 Å². The highest BCUT2D eigenvalue weighted by Gasteiger charge is 2.06. The summed E-state index contributed by atoms with van der Waals surface area (Å²) in [6.45, 7) is 0. The summed E-state index contributed by atoms with van der Waals surface area (Å²) < 4.78 is 5.22. The molecule has 0 bridgehead atoms. The molecule has 1 aromatic heterocycles. The fourth-order valence-electron chi connectivity index (χ4n) is 1.31. The first-order chi connectivity index (χ1) is 7.81. The van der Waals surface area contributed by atoms with E-state index in [0.29, 0.717) is 11.6 Å². The van der Waals surface area contributed by atoms with E-state index in [4.69, 9.17) is 21.8 Å². The molecule has 0 aliphatic heterocycles. The normalized spacial score (nSPS) is 11.7. The maximum atomic E-state index is 5.60. The number of amidine groups is 1. The Labute approximate surface area is 97.8 Å². The molecule has 0 atom stereocenters. The van der Waals surface area contributed by atoms with Crippen LogP contribution in [-0.4, -0.2) is 16.7 Å². The van der Waals surface area contributed by atoms with Crippen LogP contribution in [0.4, 0.5) is 5.69 Å². The zero-order valence-electron chi connectivity index (χ0n) is 8.43. The first-order valence-corrected chi connectivity index (χ1v) is 5.21. The van der Waals surface area contributed by atoms with E-state index in [1.807, 2.05) is 24.3 Å². The van der Waals surface area contributed by atoms with Crippen LogP contribution in [0.2, 0.25) is 0 Å². The average molecular weight is 236 g/mol. The summed E-state index contributed by atoms with van der Waals surface area (Å²) in [6.07, 6.45) is 3.01. The van der Waals surface area contributed by atoms with Crippen molar-refractivity contribution in [2.75, 3.05) is 5.88 Å². The van der Waals surface area contributed by atoms with Crippen LogP contribution in [0.25, 0.3) is 11.3 Å². The highest BCUT2D eigenvalue weighted by molar-refractivity contribution is 6.28. The minimum absolute atomic E-state index is 0.199. The number of oxazole rings is 1. The molecule has 0 aliphatic carbocycles. The van der Waals surface area contributed by atoms with Gasteiger partial charge in [-0.25, -0.2) is 9.98 Å². The summed E-state index contributed by atoms with van der Waals surface area (Å²) in [5.74, 6) is 1.22. The second-order valence-electron chi connectivity index (χ2n) is 3.12. The topological polar surface area (TPSA) is 64.4 Å². The molecule has 0 spiro atoms. The van der Waals surface area contributed by atoms with Gasteiger partial charge in [-0.3, -0.25) is 0 Å². The number of hydrogen-bond acceptors (Lipinski definition) is 3. The van der Waals surface area contributed by atoms with Crippen LogP contribution in [0.3, 0.4) is 0 Å². The lowest BCUT2D eigenvalue weighted by atomic mass is 10.1. The van der Waals surface area contributed by atoms with E-state index >= 15 is 0 Å². The molecular weight excluding hydrogens is 226 g/mol. The van der Waals surface area contributed by atoms with Gasteiger partial charge in [-0.2, -0.15) is 0 Å². The van der Waals surface area contributed by atoms with Crippen LogP contribution < -0.4 is 5.73 Å². The van der Waals surface area contributed by atoms with Crippen molar-refractivity contribution in [1.29, 1.82) is 0 Å². The first-order valence-electron chi connectivity index (χ1n) is 4.68. The molecule has 0 saturated carbocycles. The number of hydrogen-bond donors (Lipinski definition) is 1. The van der Waals surface area contributed by atoms with Gasteiger partial charge in [-0.1, -0.05) is 12.1 Å². The van der Waals surface area contributed by atoms with E-state index in [2.05, 4.69) is 9.98 Å². The first kappa shape index (κ1) is 10.7. The Kier molecular flexibility index (Phi) is 3.22. The second-order valence-corrected chi connectivity index (χ2v) is 3.39. The van der Waals surface area contributed by atoms with Crippen molar-refractivity contribution in [3.63, 3.8) is 0 Å². The minimum atomic E-state index is 0.199. The van der Waals surface area contributed by atoms with E-state index in [-0.39, 0.29) is 5.88 Å². The van der Waals surface area contributed by atoms with E-state index in [1.54, 1.807) is 6.20 Å². The van der Waals surface area contributed by atoms with Crippen LogP contribution >= 0.6 is 11.6 Å². The van der Waals surface area contributed by atoms with Crippen LogP contribution in [0, 0.1) is 0 Å². The predicted molar refractivity (Wildman–Crippen MR) is 63.9 cm³/mol. The van der Waals surface area contributed by atoms with Crippen LogP contribution in [0.1, 0.15) is 0 Å². The number of halogens is 1. The van der Waals surface area contributed by atoms with E-state index in [9.17, 15) is 0 Å². The molecule has 0 saturated heterocycles. The zero-order chi connectivity index (χ0) is 11.4. The van der Waals surface area contributed by atoms with Gasteiger partial charge in [0.2, 0.25) is 0 Å². The van der Waals surface area contributed by atoms with Gasteiger partial charge >= 0.3 is 0 Å². The molecule has 82 valence electrons. The fraction of sp³-hybridized carbons (Fsp3) is 0.0909. The van der Waals surface area contributed by atoms with Gasteiger partial charge in [-0.05, 0) is 12.1 Å². The molecule has 0 fully saturated rings. The average Bonchev–Trinajstić information content (AvgIpc) is 2.83. The fourth-order valence-corrected chi connectivity index (χ4v) is 1.37. The van der Waals surface area contributed by atoms with Crippen molar-refractivity contribution < 1.29 is 4.42 Å². The van der Waals surface area contributed by atoms with E-state index in [1.165, 1.54) is 6.39 Å². The highest BCUT2D eigenvalue weighted by atomic mass is 35.5.